The standard InChI is InChI=1S/C15H11F4NO2/c1-22-9-4-2-8(3-5-9)7-20-15(21)10-6-11(16)13(18)14(19)12(10)17/h2-6H,7H2,1H3,(H,20,21). The number of halogens is 4. The highest BCUT2D eigenvalue weighted by Crippen LogP contribution is 2.19. The van der Waals surface area contributed by atoms with Gasteiger partial charge in [0.2, 0.25) is 0 Å². The van der Waals surface area contributed by atoms with Crippen molar-refractivity contribution in [2.45, 2.75) is 6.54 Å². The van der Waals surface area contributed by atoms with Crippen LogP contribution in [-0.4, -0.2) is 13.0 Å². The van der Waals surface area contributed by atoms with Gasteiger partial charge in [0.1, 0.15) is 5.75 Å². The van der Waals surface area contributed by atoms with Crippen molar-refractivity contribution >= 4 is 5.91 Å². The number of benzene rings is 2. The highest BCUT2D eigenvalue weighted by atomic mass is 19.2. The molecule has 0 spiro atoms. The fraction of sp³-hybridized carbons (Fsp3) is 0.133. The normalized spacial score (nSPS) is 10.4. The van der Waals surface area contributed by atoms with Crippen molar-refractivity contribution in [1.82, 2.24) is 5.32 Å². The first-order valence-electron chi connectivity index (χ1n) is 6.18. The number of rotatable bonds is 4. The summed E-state index contributed by atoms with van der Waals surface area (Å²) in [4.78, 5) is 11.7. The summed E-state index contributed by atoms with van der Waals surface area (Å²) in [7, 11) is 1.50. The van der Waals surface area contributed by atoms with Gasteiger partial charge in [-0.3, -0.25) is 4.79 Å². The highest BCUT2D eigenvalue weighted by molar-refractivity contribution is 5.94. The van der Waals surface area contributed by atoms with E-state index in [0.29, 0.717) is 17.4 Å². The lowest BCUT2D eigenvalue weighted by molar-refractivity contribution is 0.0944. The number of hydrogen-bond acceptors (Lipinski definition) is 2. The first kappa shape index (κ1) is 15.8. The average molecular weight is 313 g/mol. The summed E-state index contributed by atoms with van der Waals surface area (Å²) in [5.41, 5.74) is -0.234. The van der Waals surface area contributed by atoms with E-state index in [0.717, 1.165) is 0 Å². The Bertz CT molecular complexity index is 702. The van der Waals surface area contributed by atoms with Gasteiger partial charge >= 0.3 is 0 Å². The first-order valence-corrected chi connectivity index (χ1v) is 6.18. The quantitative estimate of drug-likeness (QED) is 0.535. The van der Waals surface area contributed by atoms with E-state index in [1.54, 1.807) is 24.3 Å². The Labute approximate surface area is 123 Å². The third-order valence-corrected chi connectivity index (χ3v) is 2.96. The molecule has 2 aromatic carbocycles. The number of amides is 1. The summed E-state index contributed by atoms with van der Waals surface area (Å²) >= 11 is 0. The molecule has 0 aliphatic heterocycles. The first-order chi connectivity index (χ1) is 10.4. The van der Waals surface area contributed by atoms with Crippen molar-refractivity contribution in [3.63, 3.8) is 0 Å². The summed E-state index contributed by atoms with van der Waals surface area (Å²) in [6, 6.07) is 6.93. The summed E-state index contributed by atoms with van der Waals surface area (Å²) in [5, 5.41) is 2.29. The second-order valence-corrected chi connectivity index (χ2v) is 4.38. The molecule has 0 aliphatic rings. The number of nitrogens with one attached hydrogen (secondary N) is 1. The monoisotopic (exact) mass is 313 g/mol. The molecule has 0 saturated carbocycles. The predicted molar refractivity (Wildman–Crippen MR) is 70.4 cm³/mol. The van der Waals surface area contributed by atoms with Crippen LogP contribution >= 0.6 is 0 Å². The average Bonchev–Trinajstić information content (AvgIpc) is 2.54. The van der Waals surface area contributed by atoms with Crippen LogP contribution in [0.2, 0.25) is 0 Å². The summed E-state index contributed by atoms with van der Waals surface area (Å²) < 4.78 is 57.4. The second kappa shape index (κ2) is 6.46. The Hall–Kier alpha value is -2.57. The van der Waals surface area contributed by atoms with Gasteiger partial charge in [-0.05, 0) is 23.8 Å². The highest BCUT2D eigenvalue weighted by Gasteiger charge is 2.22. The van der Waals surface area contributed by atoms with Crippen LogP contribution in [0.15, 0.2) is 30.3 Å². The van der Waals surface area contributed by atoms with Gasteiger partial charge in [0.05, 0.1) is 12.7 Å². The van der Waals surface area contributed by atoms with Crippen LogP contribution in [0.3, 0.4) is 0 Å². The number of carbonyl (C=O) groups is 1. The maximum Gasteiger partial charge on any atom is 0.254 e. The minimum absolute atomic E-state index is 0.00286. The lowest BCUT2D eigenvalue weighted by Gasteiger charge is -2.08. The van der Waals surface area contributed by atoms with Gasteiger partial charge in [0.25, 0.3) is 5.91 Å². The molecule has 0 heterocycles. The van der Waals surface area contributed by atoms with E-state index in [1.807, 2.05) is 0 Å². The number of methoxy groups -OCH3 is 1. The molecule has 2 aromatic rings. The SMILES string of the molecule is COc1ccc(CNC(=O)c2cc(F)c(F)c(F)c2F)cc1. The zero-order valence-corrected chi connectivity index (χ0v) is 11.4. The Balaban J connectivity index is 2.12. The third kappa shape index (κ3) is 3.19. The smallest absolute Gasteiger partial charge is 0.254 e. The van der Waals surface area contributed by atoms with Crippen LogP contribution < -0.4 is 10.1 Å². The van der Waals surface area contributed by atoms with Crippen LogP contribution in [-0.2, 0) is 6.54 Å². The molecule has 1 N–H and O–H groups in total. The molecule has 0 saturated heterocycles. The number of ether oxygens (including phenoxy) is 1. The molecule has 2 rings (SSSR count). The van der Waals surface area contributed by atoms with E-state index < -0.39 is 34.7 Å². The van der Waals surface area contributed by atoms with Gasteiger partial charge in [-0.1, -0.05) is 12.1 Å². The van der Waals surface area contributed by atoms with Crippen molar-refractivity contribution < 1.29 is 27.1 Å². The summed E-state index contributed by atoms with van der Waals surface area (Å²) in [6.07, 6.45) is 0. The summed E-state index contributed by atoms with van der Waals surface area (Å²) in [5.74, 6) is -7.77. The van der Waals surface area contributed by atoms with Crippen molar-refractivity contribution in [1.29, 1.82) is 0 Å². The Morgan fingerprint density at radius 3 is 2.27 bits per heavy atom. The fourth-order valence-electron chi connectivity index (χ4n) is 1.76. The predicted octanol–water partition coefficient (Wildman–Crippen LogP) is 3.18. The molecular weight excluding hydrogens is 302 g/mol. The molecule has 0 bridgehead atoms. The van der Waals surface area contributed by atoms with Crippen LogP contribution in [0.5, 0.6) is 5.75 Å². The zero-order valence-electron chi connectivity index (χ0n) is 11.4. The second-order valence-electron chi connectivity index (χ2n) is 4.38. The van der Waals surface area contributed by atoms with Crippen molar-refractivity contribution in [2.75, 3.05) is 7.11 Å². The molecule has 0 unspecified atom stereocenters. The maximum absolute atomic E-state index is 13.5. The van der Waals surface area contributed by atoms with Crippen LogP contribution in [0.4, 0.5) is 17.6 Å². The zero-order chi connectivity index (χ0) is 16.3. The van der Waals surface area contributed by atoms with E-state index in [9.17, 15) is 22.4 Å². The summed E-state index contributed by atoms with van der Waals surface area (Å²) in [6.45, 7) is 0.00286. The van der Waals surface area contributed by atoms with Gasteiger partial charge < -0.3 is 10.1 Å². The van der Waals surface area contributed by atoms with Gasteiger partial charge in [-0.25, -0.2) is 17.6 Å². The van der Waals surface area contributed by atoms with Gasteiger partial charge in [0.15, 0.2) is 23.3 Å². The molecule has 116 valence electrons. The molecule has 0 aromatic heterocycles. The van der Waals surface area contributed by atoms with E-state index >= 15 is 0 Å². The molecule has 0 radical (unpaired) electrons. The van der Waals surface area contributed by atoms with Crippen molar-refractivity contribution in [2.24, 2.45) is 0 Å². The molecule has 22 heavy (non-hydrogen) atoms. The Kier molecular flexibility index (Phi) is 4.65. The lowest BCUT2D eigenvalue weighted by Crippen LogP contribution is -2.24. The van der Waals surface area contributed by atoms with E-state index in [1.165, 1.54) is 7.11 Å². The largest absolute Gasteiger partial charge is 0.497 e. The van der Waals surface area contributed by atoms with Crippen molar-refractivity contribution in [3.8, 4) is 5.75 Å². The lowest BCUT2D eigenvalue weighted by atomic mass is 10.1. The molecular formula is C15H11F4NO2. The maximum atomic E-state index is 13.5. The molecule has 0 fully saturated rings. The van der Waals surface area contributed by atoms with Gasteiger partial charge in [0, 0.05) is 6.54 Å². The third-order valence-electron chi connectivity index (χ3n) is 2.96. The van der Waals surface area contributed by atoms with Gasteiger partial charge in [-0.2, -0.15) is 0 Å². The minimum Gasteiger partial charge on any atom is -0.497 e. The number of carbonyl (C=O) groups excluding carboxylic acids is 1. The van der Waals surface area contributed by atoms with E-state index in [-0.39, 0.29) is 6.54 Å². The molecule has 3 nitrogen and oxygen atoms in total. The van der Waals surface area contributed by atoms with Crippen LogP contribution in [0.25, 0.3) is 0 Å². The molecule has 0 atom stereocenters. The van der Waals surface area contributed by atoms with Crippen LogP contribution in [0, 0.1) is 23.3 Å². The number of hydrogen-bond donors (Lipinski definition) is 1. The van der Waals surface area contributed by atoms with E-state index in [4.69, 9.17) is 4.74 Å². The topological polar surface area (TPSA) is 38.3 Å². The Morgan fingerprint density at radius 1 is 1.05 bits per heavy atom. The van der Waals surface area contributed by atoms with Crippen molar-refractivity contribution in [3.05, 3.63) is 64.7 Å². The molecule has 1 amide bonds. The Morgan fingerprint density at radius 2 is 1.68 bits per heavy atom. The van der Waals surface area contributed by atoms with Crippen LogP contribution in [0.1, 0.15) is 15.9 Å². The molecule has 7 heteroatoms. The minimum atomic E-state index is -2.02. The fourth-order valence-corrected chi connectivity index (χ4v) is 1.76. The van der Waals surface area contributed by atoms with Gasteiger partial charge in [-0.15, -0.1) is 0 Å². The van der Waals surface area contributed by atoms with E-state index in [2.05, 4.69) is 5.32 Å². The molecule has 0 aliphatic carbocycles.